The number of nitrogens with zero attached hydrogens (tertiary/aromatic N) is 2. The summed E-state index contributed by atoms with van der Waals surface area (Å²) < 4.78 is 0. The summed E-state index contributed by atoms with van der Waals surface area (Å²) in [7, 11) is 0. The summed E-state index contributed by atoms with van der Waals surface area (Å²) in [4.78, 5) is 38.7. The van der Waals surface area contributed by atoms with Crippen LogP contribution in [0.5, 0.6) is 0 Å². The Morgan fingerprint density at radius 3 is 2.89 bits per heavy atom. The predicted molar refractivity (Wildman–Crippen MR) is 97.0 cm³/mol. The molecule has 3 atom stereocenters. The highest BCUT2D eigenvalue weighted by molar-refractivity contribution is 6.06. The molecule has 1 saturated carbocycles. The average Bonchev–Trinajstić information content (AvgIpc) is 3.32. The van der Waals surface area contributed by atoms with Crippen LogP contribution in [0.1, 0.15) is 36.7 Å². The number of para-hydroxylation sites is 1. The lowest BCUT2D eigenvalue weighted by molar-refractivity contribution is -0.149. The SMILES string of the molecule is CC(NC(=O)c1n[nH]c2ccccc12)C(=O)N1C[C@@H]2CCC[C@@]2(C(=O)O)C1. The van der Waals surface area contributed by atoms with Crippen LogP contribution in [0.3, 0.4) is 0 Å². The van der Waals surface area contributed by atoms with Crippen LogP contribution >= 0.6 is 0 Å². The number of hydrogen-bond donors (Lipinski definition) is 3. The van der Waals surface area contributed by atoms with Crippen molar-refractivity contribution in [2.45, 2.75) is 32.2 Å². The fourth-order valence-corrected chi connectivity index (χ4v) is 4.54. The third-order valence-electron chi connectivity index (χ3n) is 6.01. The lowest BCUT2D eigenvalue weighted by Crippen LogP contribution is -2.47. The zero-order valence-electron chi connectivity index (χ0n) is 15.1. The quantitative estimate of drug-likeness (QED) is 0.752. The number of likely N-dealkylation sites (tertiary alicyclic amines) is 1. The van der Waals surface area contributed by atoms with Gasteiger partial charge in [-0.3, -0.25) is 19.5 Å². The van der Waals surface area contributed by atoms with E-state index in [1.54, 1.807) is 17.9 Å². The van der Waals surface area contributed by atoms with Gasteiger partial charge in [-0.1, -0.05) is 24.6 Å². The molecule has 8 nitrogen and oxygen atoms in total. The van der Waals surface area contributed by atoms with Gasteiger partial charge in [-0.25, -0.2) is 0 Å². The molecule has 2 amide bonds. The van der Waals surface area contributed by atoms with Crippen LogP contribution in [-0.2, 0) is 9.59 Å². The van der Waals surface area contributed by atoms with Crippen LogP contribution in [0, 0.1) is 11.3 Å². The van der Waals surface area contributed by atoms with E-state index in [2.05, 4.69) is 15.5 Å². The summed E-state index contributed by atoms with van der Waals surface area (Å²) in [6, 6.07) is 6.52. The van der Waals surface area contributed by atoms with Crippen LogP contribution < -0.4 is 5.32 Å². The van der Waals surface area contributed by atoms with Crippen molar-refractivity contribution in [2.24, 2.45) is 11.3 Å². The molecule has 8 heteroatoms. The zero-order valence-corrected chi connectivity index (χ0v) is 15.1. The molecule has 1 aliphatic carbocycles. The molecule has 142 valence electrons. The molecule has 1 aromatic carbocycles. The van der Waals surface area contributed by atoms with Gasteiger partial charge in [0.25, 0.3) is 5.91 Å². The second-order valence-electron chi connectivity index (χ2n) is 7.58. The van der Waals surface area contributed by atoms with Gasteiger partial charge in [-0.2, -0.15) is 5.10 Å². The summed E-state index contributed by atoms with van der Waals surface area (Å²) >= 11 is 0. The van der Waals surface area contributed by atoms with E-state index in [0.717, 1.165) is 18.4 Å². The summed E-state index contributed by atoms with van der Waals surface area (Å²) in [5, 5.41) is 19.9. The van der Waals surface area contributed by atoms with Gasteiger partial charge in [-0.05, 0) is 31.7 Å². The van der Waals surface area contributed by atoms with Crippen LogP contribution in [0.4, 0.5) is 0 Å². The van der Waals surface area contributed by atoms with Gasteiger partial charge >= 0.3 is 5.97 Å². The summed E-state index contributed by atoms with van der Waals surface area (Å²) in [5.41, 5.74) is 0.167. The number of carboxylic acids is 1. The first-order chi connectivity index (χ1) is 12.9. The van der Waals surface area contributed by atoms with E-state index < -0.39 is 23.3 Å². The summed E-state index contributed by atoms with van der Waals surface area (Å²) in [6.07, 6.45) is 2.32. The normalized spacial score (nSPS) is 25.4. The maximum absolute atomic E-state index is 12.8. The van der Waals surface area contributed by atoms with E-state index in [1.165, 1.54) is 0 Å². The first-order valence-electron chi connectivity index (χ1n) is 9.18. The number of fused-ring (bicyclic) bond motifs is 2. The molecule has 2 heterocycles. The monoisotopic (exact) mass is 370 g/mol. The minimum absolute atomic E-state index is 0.00265. The average molecular weight is 370 g/mol. The van der Waals surface area contributed by atoms with Gasteiger partial charge in [0.05, 0.1) is 10.9 Å². The van der Waals surface area contributed by atoms with Crippen molar-refractivity contribution in [3.63, 3.8) is 0 Å². The lowest BCUT2D eigenvalue weighted by Gasteiger charge is -2.25. The summed E-state index contributed by atoms with van der Waals surface area (Å²) in [5.74, 6) is -1.50. The number of carbonyl (C=O) groups excluding carboxylic acids is 2. The Balaban J connectivity index is 1.46. The highest BCUT2D eigenvalue weighted by Gasteiger charge is 2.56. The number of carboxylic acid groups (broad SMARTS) is 1. The second-order valence-corrected chi connectivity index (χ2v) is 7.58. The fourth-order valence-electron chi connectivity index (χ4n) is 4.54. The molecule has 1 saturated heterocycles. The van der Waals surface area contributed by atoms with Crippen molar-refractivity contribution >= 4 is 28.7 Å². The van der Waals surface area contributed by atoms with E-state index in [1.807, 2.05) is 18.2 Å². The van der Waals surface area contributed by atoms with Gasteiger partial charge < -0.3 is 15.3 Å². The Kier molecular flexibility index (Phi) is 4.13. The molecule has 27 heavy (non-hydrogen) atoms. The highest BCUT2D eigenvalue weighted by atomic mass is 16.4. The van der Waals surface area contributed by atoms with Crippen molar-refractivity contribution < 1.29 is 19.5 Å². The van der Waals surface area contributed by atoms with E-state index in [4.69, 9.17) is 0 Å². The van der Waals surface area contributed by atoms with Crippen molar-refractivity contribution in [3.8, 4) is 0 Å². The third-order valence-corrected chi connectivity index (χ3v) is 6.01. The zero-order chi connectivity index (χ0) is 19.2. The molecule has 4 rings (SSSR count). The van der Waals surface area contributed by atoms with E-state index in [9.17, 15) is 19.5 Å². The van der Waals surface area contributed by atoms with Crippen molar-refractivity contribution in [1.29, 1.82) is 0 Å². The molecule has 2 aliphatic rings. The van der Waals surface area contributed by atoms with E-state index in [0.29, 0.717) is 18.4 Å². The molecule has 1 aromatic heterocycles. The molecule has 0 spiro atoms. The maximum Gasteiger partial charge on any atom is 0.311 e. The first kappa shape index (κ1) is 17.5. The van der Waals surface area contributed by atoms with Crippen molar-refractivity contribution in [1.82, 2.24) is 20.4 Å². The van der Waals surface area contributed by atoms with E-state index >= 15 is 0 Å². The topological polar surface area (TPSA) is 115 Å². The second kappa shape index (κ2) is 6.37. The minimum atomic E-state index is -0.822. The molecule has 0 bridgehead atoms. The first-order valence-corrected chi connectivity index (χ1v) is 9.18. The van der Waals surface area contributed by atoms with Crippen LogP contribution in [0.15, 0.2) is 24.3 Å². The Labute approximate surface area is 155 Å². The van der Waals surface area contributed by atoms with Crippen molar-refractivity contribution in [3.05, 3.63) is 30.0 Å². The Hall–Kier alpha value is -2.90. The van der Waals surface area contributed by atoms with Gasteiger partial charge in [-0.15, -0.1) is 0 Å². The van der Waals surface area contributed by atoms with Crippen molar-refractivity contribution in [2.75, 3.05) is 13.1 Å². The van der Waals surface area contributed by atoms with Gasteiger partial charge in [0.15, 0.2) is 5.69 Å². The number of amides is 2. The standard InChI is InChI=1S/C19H22N4O4/c1-11(20-16(24)15-13-6-2-3-7-14(13)21-22-15)17(25)23-9-12-5-4-8-19(12,10-23)18(26)27/h2-3,6-7,11-12H,4-5,8-10H2,1H3,(H,20,24)(H,21,22)(H,26,27)/t11?,12-,19+/m0/s1. The molecular weight excluding hydrogens is 348 g/mol. The van der Waals surface area contributed by atoms with Gasteiger partial charge in [0, 0.05) is 18.5 Å². The molecule has 2 aromatic rings. The Bertz CT molecular complexity index is 923. The number of aromatic nitrogens is 2. The Morgan fingerprint density at radius 1 is 1.37 bits per heavy atom. The molecule has 0 radical (unpaired) electrons. The molecule has 1 aliphatic heterocycles. The van der Waals surface area contributed by atoms with Crippen LogP contribution in [0.25, 0.3) is 10.9 Å². The number of aromatic amines is 1. The molecular formula is C19H22N4O4. The predicted octanol–water partition coefficient (Wildman–Crippen LogP) is 1.39. The van der Waals surface area contributed by atoms with Gasteiger partial charge in [0.2, 0.25) is 5.91 Å². The molecule has 1 unspecified atom stereocenters. The number of H-pyrrole nitrogens is 1. The number of benzene rings is 1. The number of hydrogen-bond acceptors (Lipinski definition) is 4. The molecule has 3 N–H and O–H groups in total. The van der Waals surface area contributed by atoms with Crippen LogP contribution in [-0.4, -0.2) is 57.1 Å². The maximum atomic E-state index is 12.8. The van der Waals surface area contributed by atoms with E-state index in [-0.39, 0.29) is 24.1 Å². The number of rotatable bonds is 4. The number of nitrogens with one attached hydrogen (secondary N) is 2. The fraction of sp³-hybridized carbons (Fsp3) is 0.474. The summed E-state index contributed by atoms with van der Waals surface area (Å²) in [6.45, 7) is 2.28. The van der Waals surface area contributed by atoms with Gasteiger partial charge in [0.1, 0.15) is 6.04 Å². The number of carbonyl (C=O) groups is 3. The smallest absolute Gasteiger partial charge is 0.311 e. The van der Waals surface area contributed by atoms with Crippen LogP contribution in [0.2, 0.25) is 0 Å². The number of aliphatic carboxylic acids is 1. The minimum Gasteiger partial charge on any atom is -0.481 e. The third kappa shape index (κ3) is 2.75. The highest BCUT2D eigenvalue weighted by Crippen LogP contribution is 2.48. The largest absolute Gasteiger partial charge is 0.481 e. The molecule has 2 fully saturated rings. The Morgan fingerprint density at radius 2 is 2.15 bits per heavy atom. The lowest BCUT2D eigenvalue weighted by atomic mass is 9.81.